The van der Waals surface area contributed by atoms with E-state index in [4.69, 9.17) is 9.47 Å². The number of benzene rings is 1. The third-order valence-corrected chi connectivity index (χ3v) is 5.64. The van der Waals surface area contributed by atoms with Crippen LogP contribution < -0.4 is 10.2 Å². The van der Waals surface area contributed by atoms with Gasteiger partial charge in [-0.15, -0.1) is 0 Å². The SMILES string of the molecule is CCc1[nH]c(C(=O)N[C@H]2CCN(c3cccc(C(=O)OC(C)(C)C)c3)C[C@H]2OC)nc1C(F)(F)F. The molecular formula is C24H31F3N4O4. The Bertz CT molecular complexity index is 1060. The number of rotatable bonds is 6. The number of aromatic nitrogens is 2. The van der Waals surface area contributed by atoms with Crippen LogP contribution in [0.4, 0.5) is 18.9 Å². The summed E-state index contributed by atoms with van der Waals surface area (Å²) in [6.45, 7) is 7.89. The molecule has 192 valence electrons. The van der Waals surface area contributed by atoms with Crippen molar-refractivity contribution in [3.05, 3.63) is 47.0 Å². The van der Waals surface area contributed by atoms with E-state index in [0.717, 1.165) is 5.69 Å². The molecule has 1 aromatic heterocycles. The Hall–Kier alpha value is -3.08. The third-order valence-electron chi connectivity index (χ3n) is 5.64. The molecule has 0 aliphatic carbocycles. The number of piperidine rings is 1. The number of carbonyl (C=O) groups excluding carboxylic acids is 2. The van der Waals surface area contributed by atoms with Crippen molar-refractivity contribution in [2.75, 3.05) is 25.1 Å². The lowest BCUT2D eigenvalue weighted by atomic mass is 10.0. The minimum Gasteiger partial charge on any atom is -0.456 e. The molecule has 1 aromatic carbocycles. The monoisotopic (exact) mass is 496 g/mol. The Morgan fingerprint density at radius 1 is 1.26 bits per heavy atom. The summed E-state index contributed by atoms with van der Waals surface area (Å²) >= 11 is 0. The van der Waals surface area contributed by atoms with Crippen molar-refractivity contribution in [1.82, 2.24) is 15.3 Å². The maximum absolute atomic E-state index is 13.2. The smallest absolute Gasteiger partial charge is 0.435 e. The molecule has 0 saturated carbocycles. The molecule has 2 heterocycles. The second-order valence-electron chi connectivity index (χ2n) is 9.40. The van der Waals surface area contributed by atoms with Gasteiger partial charge in [-0.3, -0.25) is 4.79 Å². The van der Waals surface area contributed by atoms with Crippen LogP contribution in [0.25, 0.3) is 0 Å². The number of imidazole rings is 1. The number of H-pyrrole nitrogens is 1. The number of anilines is 1. The topological polar surface area (TPSA) is 96.6 Å². The van der Waals surface area contributed by atoms with Gasteiger partial charge in [-0.1, -0.05) is 13.0 Å². The van der Waals surface area contributed by atoms with Gasteiger partial charge in [-0.25, -0.2) is 9.78 Å². The second kappa shape index (κ2) is 10.3. The highest BCUT2D eigenvalue weighted by atomic mass is 19.4. The lowest BCUT2D eigenvalue weighted by Crippen LogP contribution is -2.55. The van der Waals surface area contributed by atoms with Crippen LogP contribution in [0.2, 0.25) is 0 Å². The Kier molecular flexibility index (Phi) is 7.78. The van der Waals surface area contributed by atoms with Crippen LogP contribution in [0.5, 0.6) is 0 Å². The molecule has 2 atom stereocenters. The first kappa shape index (κ1) is 26.5. The van der Waals surface area contributed by atoms with E-state index < -0.39 is 41.5 Å². The maximum atomic E-state index is 13.2. The minimum absolute atomic E-state index is 0.0660. The van der Waals surface area contributed by atoms with Crippen molar-refractivity contribution in [3.8, 4) is 0 Å². The summed E-state index contributed by atoms with van der Waals surface area (Å²) in [4.78, 5) is 33.1. The van der Waals surface area contributed by atoms with Gasteiger partial charge in [0.2, 0.25) is 0 Å². The Labute approximate surface area is 202 Å². The van der Waals surface area contributed by atoms with E-state index in [1.165, 1.54) is 7.11 Å². The number of halogens is 3. The number of aromatic amines is 1. The van der Waals surface area contributed by atoms with E-state index in [-0.39, 0.29) is 17.9 Å². The number of hydrogen-bond acceptors (Lipinski definition) is 6. The van der Waals surface area contributed by atoms with Crippen molar-refractivity contribution in [1.29, 1.82) is 0 Å². The van der Waals surface area contributed by atoms with Gasteiger partial charge in [-0.05, 0) is 51.8 Å². The third kappa shape index (κ3) is 6.53. The molecule has 1 amide bonds. The first-order chi connectivity index (χ1) is 16.3. The summed E-state index contributed by atoms with van der Waals surface area (Å²) in [5, 5.41) is 2.75. The molecule has 0 unspecified atom stereocenters. The Balaban J connectivity index is 1.69. The normalized spacial score (nSPS) is 18.9. The molecular weight excluding hydrogens is 465 g/mol. The molecule has 1 aliphatic heterocycles. The number of nitrogens with one attached hydrogen (secondary N) is 2. The summed E-state index contributed by atoms with van der Waals surface area (Å²) in [6, 6.07) is 6.63. The highest BCUT2D eigenvalue weighted by molar-refractivity contribution is 5.91. The number of ether oxygens (including phenoxy) is 2. The van der Waals surface area contributed by atoms with E-state index in [2.05, 4.69) is 15.3 Å². The summed E-state index contributed by atoms with van der Waals surface area (Å²) < 4.78 is 50.6. The largest absolute Gasteiger partial charge is 0.456 e. The first-order valence-electron chi connectivity index (χ1n) is 11.4. The van der Waals surface area contributed by atoms with Crippen LogP contribution in [0.3, 0.4) is 0 Å². The van der Waals surface area contributed by atoms with Crippen LogP contribution in [-0.2, 0) is 22.1 Å². The van der Waals surface area contributed by atoms with Gasteiger partial charge in [0.25, 0.3) is 5.91 Å². The number of aryl methyl sites for hydroxylation is 1. The predicted octanol–water partition coefficient (Wildman–Crippen LogP) is 3.97. The highest BCUT2D eigenvalue weighted by Gasteiger charge is 2.38. The van der Waals surface area contributed by atoms with Crippen molar-refractivity contribution >= 4 is 17.6 Å². The molecule has 0 bridgehead atoms. The van der Waals surface area contributed by atoms with Gasteiger partial charge in [-0.2, -0.15) is 13.2 Å². The molecule has 2 aromatic rings. The van der Waals surface area contributed by atoms with Crippen LogP contribution in [0.1, 0.15) is 66.5 Å². The molecule has 0 radical (unpaired) electrons. The Morgan fingerprint density at radius 3 is 2.54 bits per heavy atom. The maximum Gasteiger partial charge on any atom is 0.435 e. The van der Waals surface area contributed by atoms with E-state index in [1.807, 2.05) is 11.0 Å². The van der Waals surface area contributed by atoms with Gasteiger partial charge >= 0.3 is 12.1 Å². The van der Waals surface area contributed by atoms with Crippen molar-refractivity contribution < 1.29 is 32.2 Å². The lowest BCUT2D eigenvalue weighted by molar-refractivity contribution is -0.141. The lowest BCUT2D eigenvalue weighted by Gasteiger charge is -2.39. The van der Waals surface area contributed by atoms with Crippen molar-refractivity contribution in [2.24, 2.45) is 0 Å². The van der Waals surface area contributed by atoms with Crippen LogP contribution in [0.15, 0.2) is 24.3 Å². The molecule has 0 spiro atoms. The van der Waals surface area contributed by atoms with Crippen molar-refractivity contribution in [2.45, 2.75) is 64.5 Å². The minimum atomic E-state index is -4.64. The molecule has 8 nitrogen and oxygen atoms in total. The fraction of sp³-hybridized carbons (Fsp3) is 0.542. The standard InChI is InChI=1S/C24H31F3N4O4/c1-6-16-19(24(25,26)27)30-20(28-16)21(32)29-17-10-11-31(13-18(17)34-5)15-9-7-8-14(12-15)22(33)35-23(2,3)4/h7-9,12,17-18H,6,10-11,13H2,1-5H3,(H,28,30)(H,29,32)/t17-,18+/m0/s1. The van der Waals surface area contributed by atoms with E-state index in [9.17, 15) is 22.8 Å². The zero-order valence-corrected chi connectivity index (χ0v) is 20.5. The number of amides is 1. The molecule has 11 heteroatoms. The van der Waals surface area contributed by atoms with Crippen LogP contribution in [0, 0.1) is 0 Å². The summed E-state index contributed by atoms with van der Waals surface area (Å²) in [5.41, 5.74) is -0.600. The highest BCUT2D eigenvalue weighted by Crippen LogP contribution is 2.31. The van der Waals surface area contributed by atoms with Crippen LogP contribution >= 0.6 is 0 Å². The molecule has 2 N–H and O–H groups in total. The molecule has 1 aliphatic rings. The van der Waals surface area contributed by atoms with E-state index >= 15 is 0 Å². The van der Waals surface area contributed by atoms with Crippen LogP contribution in [-0.4, -0.2) is 59.8 Å². The van der Waals surface area contributed by atoms with Gasteiger partial charge in [0.1, 0.15) is 5.60 Å². The zero-order valence-electron chi connectivity index (χ0n) is 20.5. The summed E-state index contributed by atoms with van der Waals surface area (Å²) in [6.07, 6.45) is -4.53. The molecule has 3 rings (SSSR count). The van der Waals surface area contributed by atoms with Gasteiger partial charge in [0.05, 0.1) is 17.7 Å². The summed E-state index contributed by atoms with van der Waals surface area (Å²) in [5.74, 6) is -1.52. The van der Waals surface area contributed by atoms with E-state index in [0.29, 0.717) is 25.1 Å². The summed E-state index contributed by atoms with van der Waals surface area (Å²) in [7, 11) is 1.51. The Morgan fingerprint density at radius 2 is 1.97 bits per heavy atom. The van der Waals surface area contributed by atoms with Gasteiger partial charge in [0, 0.05) is 31.6 Å². The molecule has 1 fully saturated rings. The van der Waals surface area contributed by atoms with Crippen molar-refractivity contribution in [3.63, 3.8) is 0 Å². The molecule has 35 heavy (non-hydrogen) atoms. The number of hydrogen-bond donors (Lipinski definition) is 2. The fourth-order valence-corrected chi connectivity index (χ4v) is 3.97. The fourth-order valence-electron chi connectivity index (χ4n) is 3.97. The number of alkyl halides is 3. The number of esters is 1. The predicted molar refractivity (Wildman–Crippen MR) is 123 cm³/mol. The van der Waals surface area contributed by atoms with E-state index in [1.54, 1.807) is 45.9 Å². The number of methoxy groups -OCH3 is 1. The number of carbonyl (C=O) groups is 2. The zero-order chi connectivity index (χ0) is 26.0. The second-order valence-corrected chi connectivity index (χ2v) is 9.40. The van der Waals surface area contributed by atoms with Gasteiger partial charge in [0.15, 0.2) is 11.5 Å². The number of nitrogens with zero attached hydrogens (tertiary/aromatic N) is 2. The first-order valence-corrected chi connectivity index (χ1v) is 11.4. The average Bonchev–Trinajstić information content (AvgIpc) is 3.24. The van der Waals surface area contributed by atoms with Gasteiger partial charge < -0.3 is 24.7 Å². The molecule has 1 saturated heterocycles. The average molecular weight is 497 g/mol. The quantitative estimate of drug-likeness (QED) is 0.588.